The first-order valence-electron chi connectivity index (χ1n) is 6.44. The number of hydrogen-bond acceptors (Lipinski definition) is 2. The molecule has 98 valence electrons. The quantitative estimate of drug-likeness (QED) is 0.826. The average molecular weight is 267 g/mol. The number of benzene rings is 1. The Morgan fingerprint density at radius 1 is 1.44 bits per heavy atom. The first-order valence-corrected chi connectivity index (χ1v) is 6.81. The van der Waals surface area contributed by atoms with Crippen LogP contribution >= 0.6 is 11.6 Å². The second kappa shape index (κ2) is 5.61. The molecule has 2 rings (SSSR count). The lowest BCUT2D eigenvalue weighted by molar-refractivity contribution is 0.0927. The molecule has 1 aliphatic carbocycles. The van der Waals surface area contributed by atoms with Gasteiger partial charge in [-0.3, -0.25) is 4.79 Å². The molecule has 0 radical (unpaired) electrons. The van der Waals surface area contributed by atoms with Gasteiger partial charge in [-0.1, -0.05) is 24.4 Å². The summed E-state index contributed by atoms with van der Waals surface area (Å²) in [5.41, 5.74) is 6.69. The topological polar surface area (TPSA) is 55.1 Å². The maximum absolute atomic E-state index is 12.1. The normalized spacial score (nSPS) is 17.7. The fourth-order valence-corrected chi connectivity index (χ4v) is 2.71. The number of nitrogens with two attached hydrogens (primary N) is 1. The van der Waals surface area contributed by atoms with Gasteiger partial charge in [0.1, 0.15) is 0 Å². The Morgan fingerprint density at radius 3 is 2.72 bits per heavy atom. The fraction of sp³-hybridized carbons (Fsp3) is 0.500. The number of carbonyl (C=O) groups is 1. The zero-order valence-corrected chi connectivity index (χ0v) is 11.3. The minimum absolute atomic E-state index is 0.0729. The van der Waals surface area contributed by atoms with Gasteiger partial charge in [0.2, 0.25) is 0 Å². The summed E-state index contributed by atoms with van der Waals surface area (Å²) in [6.45, 7) is 2.08. The van der Waals surface area contributed by atoms with E-state index in [1.165, 1.54) is 25.7 Å². The highest BCUT2D eigenvalue weighted by atomic mass is 35.5. The van der Waals surface area contributed by atoms with Crippen LogP contribution < -0.4 is 11.1 Å². The Bertz CT molecular complexity index is 441. The summed E-state index contributed by atoms with van der Waals surface area (Å²) in [6, 6.07) is 5.21. The molecule has 1 fully saturated rings. The smallest absolute Gasteiger partial charge is 0.251 e. The van der Waals surface area contributed by atoms with E-state index >= 15 is 0 Å². The van der Waals surface area contributed by atoms with Crippen molar-refractivity contribution in [3.63, 3.8) is 0 Å². The lowest BCUT2D eigenvalue weighted by Gasteiger charge is -2.20. The molecular formula is C14H19ClN2O. The van der Waals surface area contributed by atoms with Crippen molar-refractivity contribution in [2.75, 3.05) is 5.73 Å². The first-order chi connectivity index (χ1) is 8.58. The molecule has 1 aromatic carbocycles. The number of nitrogens with one attached hydrogen (secondary N) is 1. The molecule has 1 amide bonds. The molecule has 1 atom stereocenters. The highest BCUT2D eigenvalue weighted by molar-refractivity contribution is 6.33. The Morgan fingerprint density at radius 2 is 2.11 bits per heavy atom. The van der Waals surface area contributed by atoms with Crippen LogP contribution in [0, 0.1) is 5.92 Å². The second-order valence-corrected chi connectivity index (χ2v) is 5.45. The zero-order chi connectivity index (χ0) is 13.1. The molecule has 3 nitrogen and oxygen atoms in total. The van der Waals surface area contributed by atoms with Crippen LogP contribution in [0.2, 0.25) is 5.02 Å². The molecule has 1 saturated carbocycles. The Balaban J connectivity index is 2.00. The van der Waals surface area contributed by atoms with Crippen LogP contribution in [0.15, 0.2) is 18.2 Å². The van der Waals surface area contributed by atoms with Crippen LogP contribution in [-0.4, -0.2) is 11.9 Å². The summed E-state index contributed by atoms with van der Waals surface area (Å²) in [7, 11) is 0. The van der Waals surface area contributed by atoms with E-state index in [0.717, 1.165) is 0 Å². The largest absolute Gasteiger partial charge is 0.398 e. The van der Waals surface area contributed by atoms with Crippen LogP contribution in [-0.2, 0) is 0 Å². The molecule has 0 heterocycles. The number of amides is 1. The van der Waals surface area contributed by atoms with Gasteiger partial charge in [0.25, 0.3) is 5.91 Å². The molecule has 0 unspecified atom stereocenters. The van der Waals surface area contributed by atoms with Crippen LogP contribution in [0.1, 0.15) is 43.0 Å². The summed E-state index contributed by atoms with van der Waals surface area (Å²) < 4.78 is 0. The van der Waals surface area contributed by atoms with Crippen molar-refractivity contribution >= 4 is 23.2 Å². The molecule has 1 aromatic rings. The molecule has 18 heavy (non-hydrogen) atoms. The van der Waals surface area contributed by atoms with Crippen molar-refractivity contribution < 1.29 is 4.79 Å². The van der Waals surface area contributed by atoms with Crippen molar-refractivity contribution in [3.8, 4) is 0 Å². The number of carbonyl (C=O) groups excluding carboxylic acids is 1. The highest BCUT2D eigenvalue weighted by Crippen LogP contribution is 2.27. The summed E-state index contributed by atoms with van der Waals surface area (Å²) in [6.07, 6.45) is 4.98. The number of nitrogen functional groups attached to an aromatic ring is 1. The van der Waals surface area contributed by atoms with E-state index in [1.54, 1.807) is 18.2 Å². The predicted octanol–water partition coefficient (Wildman–Crippen LogP) is 3.23. The van der Waals surface area contributed by atoms with E-state index in [2.05, 4.69) is 12.2 Å². The van der Waals surface area contributed by atoms with Crippen LogP contribution in [0.4, 0.5) is 5.69 Å². The van der Waals surface area contributed by atoms with Crippen LogP contribution in [0.25, 0.3) is 0 Å². The van der Waals surface area contributed by atoms with Crippen LogP contribution in [0.5, 0.6) is 0 Å². The third-order valence-corrected chi connectivity index (χ3v) is 4.06. The highest BCUT2D eigenvalue weighted by Gasteiger charge is 2.23. The van der Waals surface area contributed by atoms with Gasteiger partial charge in [0.15, 0.2) is 0 Å². The Kier molecular flexibility index (Phi) is 4.12. The van der Waals surface area contributed by atoms with E-state index in [0.29, 0.717) is 22.2 Å². The van der Waals surface area contributed by atoms with Crippen molar-refractivity contribution in [1.29, 1.82) is 0 Å². The van der Waals surface area contributed by atoms with E-state index in [4.69, 9.17) is 17.3 Å². The number of hydrogen-bond donors (Lipinski definition) is 2. The predicted molar refractivity (Wildman–Crippen MR) is 74.8 cm³/mol. The summed E-state index contributed by atoms with van der Waals surface area (Å²) in [5.74, 6) is 0.537. The van der Waals surface area contributed by atoms with Gasteiger partial charge in [-0.15, -0.1) is 0 Å². The molecule has 0 saturated heterocycles. The van der Waals surface area contributed by atoms with Crippen LogP contribution in [0.3, 0.4) is 0 Å². The van der Waals surface area contributed by atoms with E-state index in [1.807, 2.05) is 0 Å². The van der Waals surface area contributed by atoms with E-state index < -0.39 is 0 Å². The maximum Gasteiger partial charge on any atom is 0.251 e. The summed E-state index contributed by atoms with van der Waals surface area (Å²) >= 11 is 5.92. The van der Waals surface area contributed by atoms with E-state index in [-0.39, 0.29) is 11.9 Å². The van der Waals surface area contributed by atoms with Gasteiger partial charge in [-0.25, -0.2) is 0 Å². The lowest BCUT2D eigenvalue weighted by atomic mass is 9.99. The van der Waals surface area contributed by atoms with Gasteiger partial charge < -0.3 is 11.1 Å². The molecular weight excluding hydrogens is 248 g/mol. The maximum atomic E-state index is 12.1. The standard InChI is InChI=1S/C14H19ClN2O/c1-9(10-4-2-3-5-10)17-14(18)11-6-7-13(16)12(15)8-11/h6-10H,2-5,16H2,1H3,(H,17,18)/t9-/m0/s1. The molecule has 0 aliphatic heterocycles. The minimum Gasteiger partial charge on any atom is -0.398 e. The number of anilines is 1. The molecule has 0 aromatic heterocycles. The fourth-order valence-electron chi connectivity index (χ4n) is 2.53. The van der Waals surface area contributed by atoms with Crippen molar-refractivity contribution in [2.45, 2.75) is 38.6 Å². The van der Waals surface area contributed by atoms with Gasteiger partial charge in [-0.05, 0) is 43.9 Å². The Labute approximate surface area is 113 Å². The van der Waals surface area contributed by atoms with Crippen molar-refractivity contribution in [1.82, 2.24) is 5.32 Å². The summed E-state index contributed by atoms with van der Waals surface area (Å²) in [4.78, 5) is 12.1. The number of halogens is 1. The van der Waals surface area contributed by atoms with E-state index in [9.17, 15) is 4.79 Å². The Hall–Kier alpha value is -1.22. The third kappa shape index (κ3) is 2.96. The zero-order valence-electron chi connectivity index (χ0n) is 10.6. The van der Waals surface area contributed by atoms with Gasteiger partial charge in [-0.2, -0.15) is 0 Å². The SMILES string of the molecule is C[C@H](NC(=O)c1ccc(N)c(Cl)c1)C1CCCC1. The molecule has 3 N–H and O–H groups in total. The monoisotopic (exact) mass is 266 g/mol. The van der Waals surface area contributed by atoms with Gasteiger partial charge in [0.05, 0.1) is 10.7 Å². The van der Waals surface area contributed by atoms with Gasteiger partial charge in [0, 0.05) is 11.6 Å². The lowest BCUT2D eigenvalue weighted by Crippen LogP contribution is -2.37. The second-order valence-electron chi connectivity index (χ2n) is 5.04. The molecule has 1 aliphatic rings. The number of rotatable bonds is 3. The van der Waals surface area contributed by atoms with Crippen molar-refractivity contribution in [3.05, 3.63) is 28.8 Å². The molecule has 4 heteroatoms. The average Bonchev–Trinajstić information content (AvgIpc) is 2.86. The first kappa shape index (κ1) is 13.2. The molecule has 0 bridgehead atoms. The summed E-state index contributed by atoms with van der Waals surface area (Å²) in [5, 5.41) is 3.47. The molecule has 0 spiro atoms. The minimum atomic E-state index is -0.0729. The van der Waals surface area contributed by atoms with Gasteiger partial charge >= 0.3 is 0 Å². The van der Waals surface area contributed by atoms with Crippen molar-refractivity contribution in [2.24, 2.45) is 5.92 Å². The third-order valence-electron chi connectivity index (χ3n) is 3.73.